The molecule has 4 rings (SSSR count). The molecule has 1 aromatic rings. The van der Waals surface area contributed by atoms with E-state index in [9.17, 15) is 0 Å². The van der Waals surface area contributed by atoms with Crippen LogP contribution >= 0.6 is 24.0 Å². The van der Waals surface area contributed by atoms with Crippen LogP contribution in [0, 0.1) is 0 Å². The molecule has 2 N–H and O–H groups in total. The van der Waals surface area contributed by atoms with Crippen molar-refractivity contribution in [3.8, 4) is 0 Å². The van der Waals surface area contributed by atoms with E-state index in [1.54, 1.807) is 11.1 Å². The molecular formula is C21H32N4S2. The van der Waals surface area contributed by atoms with Gasteiger partial charge in [-0.1, -0.05) is 0 Å². The fraction of sp³-hybridized carbons (Fsp3) is 0.667. The predicted molar refractivity (Wildman–Crippen MR) is 120 cm³/mol. The average Bonchev–Trinajstić information content (AvgIpc) is 3.07. The van der Waals surface area contributed by atoms with Gasteiger partial charge in [0.15, 0.2) is 5.11 Å². The van der Waals surface area contributed by atoms with Crippen LogP contribution in [0.1, 0.15) is 49.7 Å². The van der Waals surface area contributed by atoms with Crippen molar-refractivity contribution < 1.29 is 0 Å². The highest BCUT2D eigenvalue weighted by atomic mass is 32.2. The number of piperidine rings is 1. The van der Waals surface area contributed by atoms with Gasteiger partial charge in [-0.3, -0.25) is 0 Å². The molecule has 4 nitrogen and oxygen atoms in total. The lowest BCUT2D eigenvalue weighted by Crippen LogP contribution is -2.56. The maximum atomic E-state index is 5.69. The Bertz CT molecular complexity index is 718. The Labute approximate surface area is 173 Å². The van der Waals surface area contributed by atoms with Crippen LogP contribution in [-0.2, 0) is 0 Å². The minimum absolute atomic E-state index is 0.420. The Morgan fingerprint density at radius 1 is 1.33 bits per heavy atom. The fourth-order valence-electron chi connectivity index (χ4n) is 5.39. The highest BCUT2D eigenvalue weighted by Crippen LogP contribution is 2.51. The van der Waals surface area contributed by atoms with Gasteiger partial charge in [0.1, 0.15) is 0 Å². The number of hydrogen-bond acceptors (Lipinski definition) is 4. The summed E-state index contributed by atoms with van der Waals surface area (Å²) in [6.07, 6.45) is 4.63. The van der Waals surface area contributed by atoms with Crippen molar-refractivity contribution in [3.05, 3.63) is 23.3 Å². The first kappa shape index (κ1) is 19.3. The van der Waals surface area contributed by atoms with E-state index in [-0.39, 0.29) is 0 Å². The van der Waals surface area contributed by atoms with Gasteiger partial charge in [0.05, 0.1) is 0 Å². The van der Waals surface area contributed by atoms with Gasteiger partial charge in [0.2, 0.25) is 0 Å². The Morgan fingerprint density at radius 3 is 2.81 bits per heavy atom. The number of benzene rings is 1. The molecule has 27 heavy (non-hydrogen) atoms. The lowest BCUT2D eigenvalue weighted by atomic mass is 9.70. The SMILES string of the molecule is CCN(CC)C(=S)N[C@H]1CC2c3cc(SC)cc4c3C(CN4)C[C@H]2N(C)C1. The van der Waals surface area contributed by atoms with E-state index in [2.05, 4.69) is 59.7 Å². The minimum Gasteiger partial charge on any atom is -0.384 e. The Hall–Kier alpha value is -0.980. The van der Waals surface area contributed by atoms with E-state index < -0.39 is 0 Å². The summed E-state index contributed by atoms with van der Waals surface area (Å²) in [4.78, 5) is 6.21. The van der Waals surface area contributed by atoms with E-state index in [0.717, 1.165) is 31.3 Å². The van der Waals surface area contributed by atoms with Crippen molar-refractivity contribution in [2.75, 3.05) is 44.8 Å². The number of thioether (sulfide) groups is 1. The number of likely N-dealkylation sites (tertiary alicyclic amines) is 1. The lowest BCUT2D eigenvalue weighted by molar-refractivity contribution is 0.115. The number of thiocarbonyl (C=S) groups is 1. The molecule has 0 spiro atoms. The van der Waals surface area contributed by atoms with Gasteiger partial charge in [-0.05, 0) is 75.5 Å². The molecule has 0 bridgehead atoms. The first-order valence-corrected chi connectivity index (χ1v) is 11.9. The Kier molecular flexibility index (Phi) is 5.59. The van der Waals surface area contributed by atoms with Crippen molar-refractivity contribution in [2.45, 2.75) is 55.5 Å². The standard InChI is InChI=1S/C21H32N4S2/c1-5-25(6-2)21(26)23-14-8-16-17-9-15(27-4)10-18-20(17)13(11-22-18)7-19(16)24(3)12-14/h9-10,13-14,16,19,22H,5-8,11-12H2,1-4H3,(H,23,26)/t13?,14-,16?,19+/m0/s1. The molecule has 3 aliphatic rings. The number of anilines is 1. The molecule has 0 amide bonds. The molecule has 0 aromatic heterocycles. The minimum atomic E-state index is 0.420. The summed E-state index contributed by atoms with van der Waals surface area (Å²) < 4.78 is 0. The summed E-state index contributed by atoms with van der Waals surface area (Å²) in [6, 6.07) is 5.89. The van der Waals surface area contributed by atoms with Crippen LogP contribution in [0.4, 0.5) is 5.69 Å². The highest BCUT2D eigenvalue weighted by molar-refractivity contribution is 7.98. The van der Waals surface area contributed by atoms with Crippen molar-refractivity contribution in [1.29, 1.82) is 0 Å². The third-order valence-electron chi connectivity index (χ3n) is 6.75. The molecule has 1 saturated heterocycles. The zero-order valence-electron chi connectivity index (χ0n) is 16.9. The van der Waals surface area contributed by atoms with E-state index >= 15 is 0 Å². The quantitative estimate of drug-likeness (QED) is 0.588. The Morgan fingerprint density at radius 2 is 2.11 bits per heavy atom. The van der Waals surface area contributed by atoms with Crippen LogP contribution in [0.3, 0.4) is 0 Å². The van der Waals surface area contributed by atoms with Gasteiger partial charge in [0.25, 0.3) is 0 Å². The number of nitrogens with zero attached hydrogens (tertiary/aromatic N) is 2. The molecule has 2 unspecified atom stereocenters. The summed E-state index contributed by atoms with van der Waals surface area (Å²) in [6.45, 7) is 8.46. The molecule has 4 atom stereocenters. The van der Waals surface area contributed by atoms with E-state index in [1.165, 1.54) is 23.4 Å². The number of fused-ring (bicyclic) bond motifs is 2. The van der Waals surface area contributed by atoms with Crippen molar-refractivity contribution in [2.24, 2.45) is 0 Å². The first-order valence-electron chi connectivity index (χ1n) is 10.3. The molecule has 2 heterocycles. The summed E-state index contributed by atoms with van der Waals surface area (Å²) >= 11 is 7.54. The van der Waals surface area contributed by atoms with Crippen LogP contribution in [0.2, 0.25) is 0 Å². The summed E-state index contributed by atoms with van der Waals surface area (Å²) in [7, 11) is 2.30. The van der Waals surface area contributed by atoms with Crippen LogP contribution in [0.5, 0.6) is 0 Å². The molecule has 1 aromatic carbocycles. The van der Waals surface area contributed by atoms with Crippen molar-refractivity contribution in [1.82, 2.24) is 15.1 Å². The van der Waals surface area contributed by atoms with E-state index in [4.69, 9.17) is 12.2 Å². The van der Waals surface area contributed by atoms with E-state index in [1.807, 2.05) is 11.8 Å². The van der Waals surface area contributed by atoms with Crippen molar-refractivity contribution in [3.63, 3.8) is 0 Å². The molecule has 1 fully saturated rings. The van der Waals surface area contributed by atoms with Gasteiger partial charge in [-0.25, -0.2) is 0 Å². The van der Waals surface area contributed by atoms with E-state index in [0.29, 0.717) is 23.9 Å². The van der Waals surface area contributed by atoms with Crippen molar-refractivity contribution >= 4 is 34.8 Å². The third kappa shape index (κ3) is 3.45. The monoisotopic (exact) mass is 404 g/mol. The Balaban J connectivity index is 1.61. The summed E-state index contributed by atoms with van der Waals surface area (Å²) in [5.74, 6) is 1.27. The lowest BCUT2D eigenvalue weighted by Gasteiger charge is -2.48. The second-order valence-electron chi connectivity index (χ2n) is 8.16. The third-order valence-corrected chi connectivity index (χ3v) is 7.83. The maximum absolute atomic E-state index is 5.69. The fourth-order valence-corrected chi connectivity index (χ4v) is 6.30. The van der Waals surface area contributed by atoms with Gasteiger partial charge in [0, 0.05) is 60.7 Å². The normalized spacial score (nSPS) is 28.9. The largest absolute Gasteiger partial charge is 0.384 e. The molecule has 148 valence electrons. The smallest absolute Gasteiger partial charge is 0.169 e. The van der Waals surface area contributed by atoms with Crippen LogP contribution in [-0.4, -0.2) is 66.5 Å². The summed E-state index contributed by atoms with van der Waals surface area (Å²) in [5.41, 5.74) is 4.58. The second-order valence-corrected chi connectivity index (χ2v) is 9.43. The summed E-state index contributed by atoms with van der Waals surface area (Å²) in [5, 5.41) is 8.27. The number of hydrogen-bond donors (Lipinski definition) is 2. The highest BCUT2D eigenvalue weighted by Gasteiger charge is 2.44. The molecular weight excluding hydrogens is 372 g/mol. The molecule has 6 heteroatoms. The number of rotatable bonds is 4. The molecule has 2 aliphatic heterocycles. The maximum Gasteiger partial charge on any atom is 0.169 e. The first-order chi connectivity index (χ1) is 13.0. The van der Waals surface area contributed by atoms with Gasteiger partial charge in [-0.2, -0.15) is 0 Å². The zero-order valence-corrected chi connectivity index (χ0v) is 18.6. The van der Waals surface area contributed by atoms with Crippen LogP contribution < -0.4 is 10.6 Å². The zero-order chi connectivity index (χ0) is 19.1. The molecule has 0 radical (unpaired) electrons. The van der Waals surface area contributed by atoms with Crippen LogP contribution in [0.25, 0.3) is 0 Å². The van der Waals surface area contributed by atoms with Gasteiger partial charge in [-0.15, -0.1) is 11.8 Å². The van der Waals surface area contributed by atoms with Gasteiger partial charge < -0.3 is 20.4 Å². The van der Waals surface area contributed by atoms with Gasteiger partial charge >= 0.3 is 0 Å². The second kappa shape index (κ2) is 7.80. The topological polar surface area (TPSA) is 30.5 Å². The number of likely N-dealkylation sites (N-methyl/N-ethyl adjacent to an activating group) is 1. The number of nitrogens with one attached hydrogen (secondary N) is 2. The molecule has 1 aliphatic carbocycles. The molecule has 0 saturated carbocycles. The average molecular weight is 405 g/mol. The van der Waals surface area contributed by atoms with Crippen LogP contribution in [0.15, 0.2) is 17.0 Å². The predicted octanol–water partition coefficient (Wildman–Crippen LogP) is 3.69.